The maximum atomic E-state index is 5.72. The molecule has 2 aromatic rings. The van der Waals surface area contributed by atoms with E-state index in [1.54, 1.807) is 12.3 Å². The molecule has 0 bridgehead atoms. The first-order valence-electron chi connectivity index (χ1n) is 4.76. The summed E-state index contributed by atoms with van der Waals surface area (Å²) in [6.07, 6.45) is 1.78. The third kappa shape index (κ3) is 2.97. The van der Waals surface area contributed by atoms with Gasteiger partial charge in [0.15, 0.2) is 0 Å². The van der Waals surface area contributed by atoms with Crippen molar-refractivity contribution in [3.05, 3.63) is 46.5 Å². The highest BCUT2D eigenvalue weighted by atomic mass is 35.5. The van der Waals surface area contributed by atoms with Gasteiger partial charge >= 0.3 is 0 Å². The second kappa shape index (κ2) is 5.32. The minimum Gasteiger partial charge on any atom is -0.265 e. The second-order valence-electron chi connectivity index (χ2n) is 3.57. The molecular formula is C11H13Cl2N3. The highest BCUT2D eigenvalue weighted by Crippen LogP contribution is 2.09. The van der Waals surface area contributed by atoms with Crippen molar-refractivity contribution < 1.29 is 0 Å². The van der Waals surface area contributed by atoms with Crippen LogP contribution in [0.3, 0.4) is 0 Å². The topological polar surface area (TPSA) is 30.7 Å². The molecule has 0 saturated heterocycles. The lowest BCUT2D eigenvalue weighted by Crippen LogP contribution is -2.04. The molecule has 0 aliphatic rings. The Labute approximate surface area is 106 Å². The number of halogens is 2. The molecule has 0 aliphatic carbocycles. The van der Waals surface area contributed by atoms with E-state index in [0.29, 0.717) is 5.15 Å². The molecule has 2 heterocycles. The van der Waals surface area contributed by atoms with Crippen molar-refractivity contribution in [3.63, 3.8) is 0 Å². The summed E-state index contributed by atoms with van der Waals surface area (Å²) in [5.74, 6) is 0. The Hall–Kier alpha value is -1.06. The monoisotopic (exact) mass is 257 g/mol. The fraction of sp³-hybridized carbons (Fsp3) is 0.273. The fourth-order valence-electron chi connectivity index (χ4n) is 1.51. The van der Waals surface area contributed by atoms with Gasteiger partial charge in [-0.2, -0.15) is 5.10 Å². The summed E-state index contributed by atoms with van der Waals surface area (Å²) in [5, 5.41) is 4.90. The smallest absolute Gasteiger partial charge is 0.129 e. The Morgan fingerprint density at radius 2 is 2.06 bits per heavy atom. The maximum Gasteiger partial charge on any atom is 0.129 e. The van der Waals surface area contributed by atoms with Crippen LogP contribution in [0.4, 0.5) is 0 Å². The van der Waals surface area contributed by atoms with Gasteiger partial charge in [-0.3, -0.25) is 4.68 Å². The van der Waals surface area contributed by atoms with Crippen LogP contribution in [0.15, 0.2) is 24.4 Å². The lowest BCUT2D eigenvalue weighted by Gasteiger charge is -2.03. The number of nitrogens with zero attached hydrogens (tertiary/aromatic N) is 3. The number of aromatic nitrogens is 3. The van der Waals surface area contributed by atoms with Crippen LogP contribution in [0, 0.1) is 13.8 Å². The molecule has 0 saturated carbocycles. The molecule has 0 spiro atoms. The van der Waals surface area contributed by atoms with Crippen LogP contribution >= 0.6 is 24.0 Å². The maximum absolute atomic E-state index is 5.72. The molecule has 2 aromatic heterocycles. The van der Waals surface area contributed by atoms with Gasteiger partial charge in [-0.05, 0) is 31.5 Å². The summed E-state index contributed by atoms with van der Waals surface area (Å²) in [5.41, 5.74) is 3.29. The molecular weight excluding hydrogens is 245 g/mol. The zero-order valence-electron chi connectivity index (χ0n) is 9.14. The van der Waals surface area contributed by atoms with Gasteiger partial charge in [0.25, 0.3) is 0 Å². The van der Waals surface area contributed by atoms with E-state index in [4.69, 9.17) is 11.6 Å². The van der Waals surface area contributed by atoms with Gasteiger partial charge in [0.1, 0.15) is 5.15 Å². The molecule has 0 atom stereocenters. The summed E-state index contributed by atoms with van der Waals surface area (Å²) in [7, 11) is 0. The highest BCUT2D eigenvalue weighted by molar-refractivity contribution is 6.29. The Balaban J connectivity index is 0.00000128. The van der Waals surface area contributed by atoms with Crippen LogP contribution in [-0.2, 0) is 6.54 Å². The van der Waals surface area contributed by atoms with Crippen molar-refractivity contribution in [2.45, 2.75) is 20.4 Å². The highest BCUT2D eigenvalue weighted by Gasteiger charge is 2.01. The van der Waals surface area contributed by atoms with Crippen molar-refractivity contribution in [2.75, 3.05) is 0 Å². The van der Waals surface area contributed by atoms with E-state index in [-0.39, 0.29) is 12.4 Å². The summed E-state index contributed by atoms with van der Waals surface area (Å²) in [6.45, 7) is 4.77. The molecule has 3 nitrogen and oxygen atoms in total. The lowest BCUT2D eigenvalue weighted by atomic mass is 10.3. The molecule has 5 heteroatoms. The predicted octanol–water partition coefficient (Wildman–Crippen LogP) is 3.02. The lowest BCUT2D eigenvalue weighted by molar-refractivity contribution is 0.657. The zero-order chi connectivity index (χ0) is 10.8. The van der Waals surface area contributed by atoms with Crippen LogP contribution in [0.5, 0.6) is 0 Å². The first-order valence-corrected chi connectivity index (χ1v) is 5.14. The minimum atomic E-state index is 0. The second-order valence-corrected chi connectivity index (χ2v) is 3.96. The largest absolute Gasteiger partial charge is 0.265 e. The predicted molar refractivity (Wildman–Crippen MR) is 67.3 cm³/mol. The third-order valence-electron chi connectivity index (χ3n) is 2.22. The van der Waals surface area contributed by atoms with Crippen LogP contribution in [-0.4, -0.2) is 14.8 Å². The van der Waals surface area contributed by atoms with E-state index in [0.717, 1.165) is 23.5 Å². The summed E-state index contributed by atoms with van der Waals surface area (Å²) in [6, 6.07) is 5.82. The summed E-state index contributed by atoms with van der Waals surface area (Å²) < 4.78 is 1.96. The van der Waals surface area contributed by atoms with Crippen LogP contribution in [0.1, 0.15) is 17.0 Å². The SMILES string of the molecule is Cc1cc(C)n(Cc2ccc(Cl)nc2)n1.Cl. The molecule has 0 aliphatic heterocycles. The molecule has 0 fully saturated rings. The summed E-state index contributed by atoms with van der Waals surface area (Å²) in [4.78, 5) is 4.04. The zero-order valence-corrected chi connectivity index (χ0v) is 10.7. The van der Waals surface area contributed by atoms with E-state index < -0.39 is 0 Å². The fourth-order valence-corrected chi connectivity index (χ4v) is 1.62. The van der Waals surface area contributed by atoms with Gasteiger partial charge in [-0.15, -0.1) is 12.4 Å². The van der Waals surface area contributed by atoms with Crippen LogP contribution < -0.4 is 0 Å². The van der Waals surface area contributed by atoms with E-state index >= 15 is 0 Å². The molecule has 0 aromatic carbocycles. The Morgan fingerprint density at radius 3 is 2.56 bits per heavy atom. The van der Waals surface area contributed by atoms with Crippen molar-refractivity contribution >= 4 is 24.0 Å². The number of hydrogen-bond donors (Lipinski definition) is 0. The van der Waals surface area contributed by atoms with Gasteiger partial charge in [0.05, 0.1) is 12.2 Å². The number of aryl methyl sites for hydroxylation is 2. The van der Waals surface area contributed by atoms with Gasteiger partial charge in [-0.25, -0.2) is 4.98 Å². The number of rotatable bonds is 2. The first-order chi connectivity index (χ1) is 7.15. The van der Waals surface area contributed by atoms with Gasteiger partial charge < -0.3 is 0 Å². The normalized spacial score (nSPS) is 9.94. The number of hydrogen-bond acceptors (Lipinski definition) is 2. The minimum absolute atomic E-state index is 0. The average Bonchev–Trinajstić information content (AvgIpc) is 2.49. The van der Waals surface area contributed by atoms with Crippen molar-refractivity contribution in [2.24, 2.45) is 0 Å². The Morgan fingerprint density at radius 1 is 1.31 bits per heavy atom. The molecule has 86 valence electrons. The van der Waals surface area contributed by atoms with Crippen molar-refractivity contribution in [1.82, 2.24) is 14.8 Å². The molecule has 16 heavy (non-hydrogen) atoms. The average molecular weight is 258 g/mol. The first kappa shape index (κ1) is 13.0. The van der Waals surface area contributed by atoms with Crippen LogP contribution in [0.25, 0.3) is 0 Å². The summed E-state index contributed by atoms with van der Waals surface area (Å²) >= 11 is 5.72. The van der Waals surface area contributed by atoms with Crippen molar-refractivity contribution in [1.29, 1.82) is 0 Å². The molecule has 2 rings (SSSR count). The third-order valence-corrected chi connectivity index (χ3v) is 2.45. The van der Waals surface area contributed by atoms with E-state index in [1.165, 1.54) is 0 Å². The van der Waals surface area contributed by atoms with Gasteiger partial charge in [0, 0.05) is 11.9 Å². The molecule has 0 N–H and O–H groups in total. The molecule has 0 radical (unpaired) electrons. The quantitative estimate of drug-likeness (QED) is 0.775. The van der Waals surface area contributed by atoms with Crippen LogP contribution in [0.2, 0.25) is 5.15 Å². The number of pyridine rings is 1. The Kier molecular flexibility index (Phi) is 4.33. The van der Waals surface area contributed by atoms with E-state index in [2.05, 4.69) is 16.1 Å². The van der Waals surface area contributed by atoms with Gasteiger partial charge in [-0.1, -0.05) is 17.7 Å². The van der Waals surface area contributed by atoms with E-state index in [1.807, 2.05) is 24.6 Å². The standard InChI is InChI=1S/C11H12ClN3.ClH/c1-8-5-9(2)15(14-8)7-10-3-4-11(12)13-6-10;/h3-6H,7H2,1-2H3;1H. The molecule has 0 unspecified atom stereocenters. The molecule has 0 amide bonds. The van der Waals surface area contributed by atoms with Gasteiger partial charge in [0.2, 0.25) is 0 Å². The Bertz CT molecular complexity index is 463. The van der Waals surface area contributed by atoms with Crippen molar-refractivity contribution in [3.8, 4) is 0 Å². The van der Waals surface area contributed by atoms with E-state index in [9.17, 15) is 0 Å².